The highest BCUT2D eigenvalue weighted by molar-refractivity contribution is 5.95. The largest absolute Gasteiger partial charge is 0.486 e. The van der Waals surface area contributed by atoms with Gasteiger partial charge in [0, 0.05) is 0 Å². The Labute approximate surface area is 167 Å². The minimum Gasteiger partial charge on any atom is -0.486 e. The predicted molar refractivity (Wildman–Crippen MR) is 95.7 cm³/mol. The summed E-state index contributed by atoms with van der Waals surface area (Å²) in [4.78, 5) is 35.5. The molecular weight excluding hydrogens is 409 g/mol. The number of amides is 2. The first-order valence-electron chi connectivity index (χ1n) is 8.62. The molecule has 2 aromatic rings. The van der Waals surface area contributed by atoms with Crippen LogP contribution in [0.3, 0.4) is 0 Å². The van der Waals surface area contributed by atoms with Gasteiger partial charge in [0.2, 0.25) is 5.91 Å². The lowest BCUT2D eigenvalue weighted by molar-refractivity contribution is -0.126. The van der Waals surface area contributed by atoms with Gasteiger partial charge in [-0.1, -0.05) is 0 Å². The zero-order valence-electron chi connectivity index (χ0n) is 15.3. The average molecular weight is 424 g/mol. The summed E-state index contributed by atoms with van der Waals surface area (Å²) < 4.78 is 55.0. The second-order valence-electron chi connectivity index (χ2n) is 5.98. The maximum atomic E-state index is 13.5. The maximum absolute atomic E-state index is 13.5. The second kappa shape index (κ2) is 9.16. The number of nitrogens with one attached hydrogen (secondary N) is 2. The van der Waals surface area contributed by atoms with Crippen LogP contribution in [0.2, 0.25) is 0 Å². The van der Waals surface area contributed by atoms with Gasteiger partial charge in [-0.3, -0.25) is 9.59 Å². The summed E-state index contributed by atoms with van der Waals surface area (Å²) in [7, 11) is 0. The Hall–Kier alpha value is -3.76. The molecular formula is C19H15F3N2O6. The molecule has 11 heteroatoms. The number of carbonyl (C=O) groups excluding carboxylic acids is 3. The molecule has 0 saturated carbocycles. The Morgan fingerprint density at radius 2 is 1.67 bits per heavy atom. The van der Waals surface area contributed by atoms with Gasteiger partial charge in [-0.05, 0) is 30.3 Å². The van der Waals surface area contributed by atoms with E-state index < -0.39 is 54.1 Å². The summed E-state index contributed by atoms with van der Waals surface area (Å²) in [5, 5.41) is 4.13. The fourth-order valence-electron chi connectivity index (χ4n) is 2.43. The third-order valence-corrected chi connectivity index (χ3v) is 3.87. The maximum Gasteiger partial charge on any atom is 0.338 e. The highest BCUT2D eigenvalue weighted by atomic mass is 19.2. The number of ether oxygens (including phenoxy) is 3. The number of esters is 1. The Morgan fingerprint density at radius 1 is 0.933 bits per heavy atom. The molecule has 1 aliphatic rings. The average Bonchev–Trinajstić information content (AvgIpc) is 2.76. The van der Waals surface area contributed by atoms with Crippen LogP contribution in [-0.2, 0) is 14.3 Å². The van der Waals surface area contributed by atoms with Crippen molar-refractivity contribution in [3.05, 3.63) is 53.3 Å². The molecule has 1 heterocycles. The lowest BCUT2D eigenvalue weighted by atomic mass is 10.2. The van der Waals surface area contributed by atoms with E-state index in [1.54, 1.807) is 0 Å². The lowest BCUT2D eigenvalue weighted by Crippen LogP contribution is -2.35. The zero-order chi connectivity index (χ0) is 21.7. The highest BCUT2D eigenvalue weighted by Gasteiger charge is 2.18. The molecule has 158 valence electrons. The summed E-state index contributed by atoms with van der Waals surface area (Å²) in [5.41, 5.74) is -0.447. The minimum absolute atomic E-state index is 0.138. The summed E-state index contributed by atoms with van der Waals surface area (Å²) in [6, 6.07) is 5.87. The Kier molecular flexibility index (Phi) is 6.40. The highest BCUT2D eigenvalue weighted by Crippen LogP contribution is 2.30. The van der Waals surface area contributed by atoms with Crippen LogP contribution in [0.25, 0.3) is 0 Å². The first-order valence-corrected chi connectivity index (χ1v) is 8.62. The van der Waals surface area contributed by atoms with Crippen LogP contribution in [0, 0.1) is 17.5 Å². The molecule has 0 spiro atoms. The topological polar surface area (TPSA) is 103 Å². The standard InChI is InChI=1S/C19H15F3N2O6/c20-11-2-3-12(18(22)17(11)21)24-15(25)8-23-16(26)9-30-19(27)10-1-4-13-14(7-10)29-6-5-28-13/h1-4,7H,5-6,8-9H2,(H,23,26)(H,24,25). The Morgan fingerprint density at radius 3 is 2.43 bits per heavy atom. The normalized spacial score (nSPS) is 12.1. The number of benzene rings is 2. The fraction of sp³-hybridized carbons (Fsp3) is 0.211. The van der Waals surface area contributed by atoms with Gasteiger partial charge in [-0.2, -0.15) is 0 Å². The molecule has 30 heavy (non-hydrogen) atoms. The van der Waals surface area contributed by atoms with E-state index in [1.165, 1.54) is 18.2 Å². The molecule has 2 N–H and O–H groups in total. The van der Waals surface area contributed by atoms with Crippen molar-refractivity contribution in [2.45, 2.75) is 0 Å². The number of anilines is 1. The van der Waals surface area contributed by atoms with E-state index in [0.29, 0.717) is 30.8 Å². The van der Waals surface area contributed by atoms with Crippen LogP contribution in [-0.4, -0.2) is 44.1 Å². The number of hydrogen-bond acceptors (Lipinski definition) is 6. The number of rotatable bonds is 6. The molecule has 0 radical (unpaired) electrons. The van der Waals surface area contributed by atoms with Gasteiger partial charge in [0.05, 0.1) is 17.8 Å². The van der Waals surface area contributed by atoms with E-state index in [-0.39, 0.29) is 5.56 Å². The van der Waals surface area contributed by atoms with E-state index in [4.69, 9.17) is 14.2 Å². The van der Waals surface area contributed by atoms with Crippen LogP contribution in [0.5, 0.6) is 11.5 Å². The van der Waals surface area contributed by atoms with Gasteiger partial charge >= 0.3 is 5.97 Å². The third-order valence-electron chi connectivity index (χ3n) is 3.87. The van der Waals surface area contributed by atoms with Crippen molar-refractivity contribution >= 4 is 23.5 Å². The van der Waals surface area contributed by atoms with Crippen molar-refractivity contribution in [2.24, 2.45) is 0 Å². The quantitative estimate of drug-likeness (QED) is 0.542. The first-order chi connectivity index (χ1) is 14.3. The molecule has 0 bridgehead atoms. The molecule has 0 saturated heterocycles. The molecule has 0 aromatic heterocycles. The Balaban J connectivity index is 1.45. The number of fused-ring (bicyclic) bond motifs is 1. The smallest absolute Gasteiger partial charge is 0.338 e. The summed E-state index contributed by atoms with van der Waals surface area (Å²) in [5.74, 6) is -6.34. The van der Waals surface area contributed by atoms with Crippen molar-refractivity contribution in [3.63, 3.8) is 0 Å². The van der Waals surface area contributed by atoms with Gasteiger partial charge in [-0.15, -0.1) is 0 Å². The van der Waals surface area contributed by atoms with Crippen LogP contribution in [0.15, 0.2) is 30.3 Å². The van der Waals surface area contributed by atoms with E-state index in [0.717, 1.165) is 6.07 Å². The van der Waals surface area contributed by atoms with E-state index in [2.05, 4.69) is 5.32 Å². The first kappa shape index (κ1) is 21.0. The van der Waals surface area contributed by atoms with Crippen molar-refractivity contribution in [1.29, 1.82) is 0 Å². The third kappa shape index (κ3) is 4.99. The number of hydrogen-bond donors (Lipinski definition) is 2. The van der Waals surface area contributed by atoms with Gasteiger partial charge in [0.15, 0.2) is 35.6 Å². The molecule has 0 fully saturated rings. The molecule has 8 nitrogen and oxygen atoms in total. The fourth-order valence-corrected chi connectivity index (χ4v) is 2.43. The monoisotopic (exact) mass is 424 g/mol. The van der Waals surface area contributed by atoms with E-state index in [9.17, 15) is 27.6 Å². The van der Waals surface area contributed by atoms with Crippen molar-refractivity contribution in [2.75, 3.05) is 31.7 Å². The number of carbonyl (C=O) groups is 3. The molecule has 1 aliphatic heterocycles. The molecule has 2 amide bonds. The van der Waals surface area contributed by atoms with E-state index >= 15 is 0 Å². The van der Waals surface area contributed by atoms with E-state index in [1.807, 2.05) is 5.32 Å². The molecule has 3 rings (SSSR count). The van der Waals surface area contributed by atoms with Crippen molar-refractivity contribution < 1.29 is 41.8 Å². The second-order valence-corrected chi connectivity index (χ2v) is 5.98. The van der Waals surface area contributed by atoms with Gasteiger partial charge in [0.1, 0.15) is 13.2 Å². The SMILES string of the molecule is O=C(COC(=O)c1ccc2c(c1)OCCO2)NCC(=O)Nc1ccc(F)c(F)c1F. The van der Waals surface area contributed by atoms with Gasteiger partial charge < -0.3 is 24.8 Å². The van der Waals surface area contributed by atoms with Gasteiger partial charge in [0.25, 0.3) is 5.91 Å². The molecule has 0 aliphatic carbocycles. The van der Waals surface area contributed by atoms with Crippen molar-refractivity contribution in [3.8, 4) is 11.5 Å². The predicted octanol–water partition coefficient (Wildman–Crippen LogP) is 1.79. The van der Waals surface area contributed by atoms with Gasteiger partial charge in [-0.25, -0.2) is 18.0 Å². The van der Waals surface area contributed by atoms with Crippen LogP contribution in [0.1, 0.15) is 10.4 Å². The molecule has 0 atom stereocenters. The van der Waals surface area contributed by atoms with Crippen LogP contribution in [0.4, 0.5) is 18.9 Å². The minimum atomic E-state index is -1.73. The summed E-state index contributed by atoms with van der Waals surface area (Å²) in [6.45, 7) is -0.559. The Bertz CT molecular complexity index is 998. The molecule has 0 unspecified atom stereocenters. The number of halogens is 3. The summed E-state index contributed by atoms with van der Waals surface area (Å²) in [6.07, 6.45) is 0. The zero-order valence-corrected chi connectivity index (χ0v) is 15.3. The van der Waals surface area contributed by atoms with Crippen molar-refractivity contribution in [1.82, 2.24) is 5.32 Å². The summed E-state index contributed by atoms with van der Waals surface area (Å²) >= 11 is 0. The van der Waals surface area contributed by atoms with Crippen LogP contribution >= 0.6 is 0 Å². The van der Waals surface area contributed by atoms with Crippen LogP contribution < -0.4 is 20.1 Å². The lowest BCUT2D eigenvalue weighted by Gasteiger charge is -2.18. The molecule has 2 aromatic carbocycles.